The summed E-state index contributed by atoms with van der Waals surface area (Å²) in [7, 11) is 5.06. The highest BCUT2D eigenvalue weighted by atomic mass is 19.1. The van der Waals surface area contributed by atoms with Crippen LogP contribution in [0.1, 0.15) is 0 Å². The van der Waals surface area contributed by atoms with Gasteiger partial charge in [-0.2, -0.15) is 0 Å². The monoisotopic (exact) mass is 846 g/mol. The molecule has 18 heteroatoms. The number of aryl methyl sites for hydroxylation is 3. The molecule has 6 aromatic carbocycles. The zero-order chi connectivity index (χ0) is 42.9. The van der Waals surface area contributed by atoms with Gasteiger partial charge in [-0.15, -0.1) is 15.3 Å². The zero-order valence-corrected chi connectivity index (χ0v) is 32.8. The van der Waals surface area contributed by atoms with Crippen LogP contribution in [0.3, 0.4) is 0 Å². The topological polar surface area (TPSA) is 105 Å². The summed E-state index contributed by atoms with van der Waals surface area (Å²) in [6.45, 7) is 0. The van der Waals surface area contributed by atoms with Gasteiger partial charge in [-0.1, -0.05) is 15.6 Å². The standard InChI is InChI=1S/C45H24F6N12/c1-58-37-10-28(46)25-4-19(37)22-7-43(31(49)13-40(22)58)61-17-35(53-55-61)26-5-20-24-9-45(33(51)15-42(24)59(2)38(20)11-29(26)47)63-18-36(54-57-63)27-6-21-23-8-44(62-16-34(25)52-56-62)32(50)14-41(23)60(3)39(21)12-30(27)48/h4-18H,1-3H3. The largest absolute Gasteiger partial charge is 0.343 e. The molecule has 13 aromatic rings. The maximum Gasteiger partial charge on any atom is 0.151 e. The van der Waals surface area contributed by atoms with Gasteiger partial charge in [-0.05, 0) is 54.6 Å². The highest BCUT2D eigenvalue weighted by molar-refractivity contribution is 6.14. The molecule has 0 N–H and O–H groups in total. The Morgan fingerprint density at radius 1 is 0.286 bits per heavy atom. The van der Waals surface area contributed by atoms with E-state index in [-0.39, 0.29) is 49.3 Å². The second-order valence-corrected chi connectivity index (χ2v) is 15.8. The highest BCUT2D eigenvalue weighted by Crippen LogP contribution is 2.37. The summed E-state index contributed by atoms with van der Waals surface area (Å²) in [5.74, 6) is -3.95. The molecule has 0 saturated heterocycles. The lowest BCUT2D eigenvalue weighted by Crippen LogP contribution is -1.92. The molecule has 0 radical (unpaired) electrons. The van der Waals surface area contributed by atoms with Crippen molar-refractivity contribution >= 4 is 115 Å². The molecule has 0 atom stereocenters. The van der Waals surface area contributed by atoms with Crippen LogP contribution in [0.25, 0.3) is 115 Å². The van der Waals surface area contributed by atoms with Gasteiger partial charge in [-0.25, -0.2) is 39.9 Å². The van der Waals surface area contributed by atoms with E-state index >= 15 is 26.3 Å². The molecule has 0 spiro atoms. The van der Waals surface area contributed by atoms with Gasteiger partial charge < -0.3 is 13.7 Å². The van der Waals surface area contributed by atoms with Gasteiger partial charge in [0.25, 0.3) is 0 Å². The number of nitrogens with zero attached hydrogens (tertiary/aromatic N) is 12. The van der Waals surface area contributed by atoms with E-state index in [0.29, 0.717) is 65.4 Å². The van der Waals surface area contributed by atoms with Crippen LogP contribution >= 0.6 is 0 Å². The zero-order valence-electron chi connectivity index (χ0n) is 32.8. The van der Waals surface area contributed by atoms with E-state index < -0.39 is 34.9 Å². The fraction of sp³-hybridized carbons (Fsp3) is 0.0667. The molecule has 7 aromatic heterocycles. The van der Waals surface area contributed by atoms with Crippen LogP contribution in [-0.2, 0) is 21.1 Å². The van der Waals surface area contributed by atoms with Crippen LogP contribution in [-0.4, -0.2) is 58.2 Å². The average Bonchev–Trinajstić information content (AvgIpc) is 4.14. The van der Waals surface area contributed by atoms with Crippen LogP contribution in [0.15, 0.2) is 91.4 Å². The molecule has 0 aliphatic carbocycles. The van der Waals surface area contributed by atoms with E-state index in [0.717, 1.165) is 0 Å². The fourth-order valence-electron chi connectivity index (χ4n) is 9.32. The van der Waals surface area contributed by atoms with Crippen molar-refractivity contribution in [2.24, 2.45) is 21.1 Å². The molecule has 13 rings (SSSR count). The minimum atomic E-state index is -0.669. The van der Waals surface area contributed by atoms with E-state index in [9.17, 15) is 0 Å². The Labute approximate surface area is 345 Å². The van der Waals surface area contributed by atoms with Crippen molar-refractivity contribution in [3.63, 3.8) is 0 Å². The van der Waals surface area contributed by atoms with Crippen LogP contribution < -0.4 is 0 Å². The molecule has 306 valence electrons. The number of fused-ring (bicyclic) bond motifs is 18. The quantitative estimate of drug-likeness (QED) is 0.141. The van der Waals surface area contributed by atoms with Gasteiger partial charge in [0.15, 0.2) is 17.5 Å². The maximum atomic E-state index is 16.1. The fourth-order valence-corrected chi connectivity index (χ4v) is 9.32. The van der Waals surface area contributed by atoms with Crippen LogP contribution in [0, 0.1) is 34.9 Å². The number of hydrogen-bond acceptors (Lipinski definition) is 6. The predicted molar refractivity (Wildman–Crippen MR) is 227 cm³/mol. The van der Waals surface area contributed by atoms with Gasteiger partial charge in [-0.3, -0.25) is 0 Å². The average molecular weight is 847 g/mol. The Morgan fingerprint density at radius 2 is 0.524 bits per heavy atom. The summed E-state index contributed by atoms with van der Waals surface area (Å²) in [5.41, 5.74) is 2.98. The Bertz CT molecular complexity index is 3690. The predicted octanol–water partition coefficient (Wildman–Crippen LogP) is 9.73. The molecule has 7 heterocycles. The summed E-state index contributed by atoms with van der Waals surface area (Å²) in [6.07, 6.45) is 4.19. The van der Waals surface area contributed by atoms with Crippen LogP contribution in [0.2, 0.25) is 0 Å². The third kappa shape index (κ3) is 4.71. The van der Waals surface area contributed by atoms with Crippen molar-refractivity contribution in [1.82, 2.24) is 58.2 Å². The molecule has 0 fully saturated rings. The smallest absolute Gasteiger partial charge is 0.151 e. The molecule has 12 nitrogen and oxygen atoms in total. The number of rotatable bonds is 0. The van der Waals surface area contributed by atoms with Gasteiger partial charge >= 0.3 is 0 Å². The molecule has 18 bridgehead atoms. The van der Waals surface area contributed by atoms with Crippen molar-refractivity contribution in [1.29, 1.82) is 0 Å². The molecule has 63 heavy (non-hydrogen) atoms. The molecule has 0 unspecified atom stereocenters. The van der Waals surface area contributed by atoms with Gasteiger partial charge in [0.1, 0.15) is 50.6 Å². The lowest BCUT2D eigenvalue weighted by atomic mass is 10.1. The number of benzene rings is 6. The highest BCUT2D eigenvalue weighted by Gasteiger charge is 2.20. The molecule has 0 saturated carbocycles. The summed E-state index contributed by atoms with van der Waals surface area (Å²) in [5, 5.41) is 28.6. The first-order valence-electron chi connectivity index (χ1n) is 19.4. The third-order valence-corrected chi connectivity index (χ3v) is 12.5. The first-order valence-corrected chi connectivity index (χ1v) is 19.4. The SMILES string of the molecule is Cn1c2cc(F)c3cc2c2cc(c(F)cc21)n1cc(nn1)c1cc2c4cc(c(F)cc4n(C)c2cc1F)n1cc(nn1)c1cc2c4cc(c(F)cc4n(C)c2cc1F)n1cc3nn1. The Kier molecular flexibility index (Phi) is 6.74. The first-order chi connectivity index (χ1) is 30.4. The second-order valence-electron chi connectivity index (χ2n) is 15.8. The van der Waals surface area contributed by atoms with E-state index in [1.165, 1.54) is 68.5 Å². The van der Waals surface area contributed by atoms with Crippen molar-refractivity contribution in [2.75, 3.05) is 0 Å². The van der Waals surface area contributed by atoms with E-state index in [4.69, 9.17) is 0 Å². The molecule has 0 amide bonds. The van der Waals surface area contributed by atoms with Crippen molar-refractivity contribution < 1.29 is 26.3 Å². The third-order valence-electron chi connectivity index (χ3n) is 12.5. The summed E-state index contributed by atoms with van der Waals surface area (Å²) in [4.78, 5) is 0. The van der Waals surface area contributed by atoms with E-state index in [1.54, 1.807) is 71.2 Å². The number of halogens is 6. The minimum Gasteiger partial charge on any atom is -0.343 e. The van der Waals surface area contributed by atoms with E-state index in [1.807, 2.05) is 0 Å². The van der Waals surface area contributed by atoms with Crippen molar-refractivity contribution in [2.45, 2.75) is 0 Å². The van der Waals surface area contributed by atoms with E-state index in [2.05, 4.69) is 30.9 Å². The van der Waals surface area contributed by atoms with Crippen molar-refractivity contribution in [3.05, 3.63) is 126 Å². The summed E-state index contributed by atoms with van der Waals surface area (Å²) >= 11 is 0. The van der Waals surface area contributed by atoms with Crippen LogP contribution in [0.5, 0.6) is 0 Å². The lowest BCUT2D eigenvalue weighted by molar-refractivity contribution is 0.630. The second kappa shape index (κ2) is 12.0. The minimum absolute atomic E-state index is 0.00659. The normalized spacial score (nSPS) is 12.5. The molecule has 0 aliphatic rings. The van der Waals surface area contributed by atoms with Gasteiger partial charge in [0.2, 0.25) is 0 Å². The van der Waals surface area contributed by atoms with Crippen molar-refractivity contribution in [3.8, 4) is 0 Å². The molecular formula is C45H24F6N12. The Hall–Kier alpha value is -8.28. The Morgan fingerprint density at radius 3 is 0.794 bits per heavy atom. The number of hydrogen-bond donors (Lipinski definition) is 0. The Balaban J connectivity index is 1.20. The number of aromatic nitrogens is 12. The molecule has 0 aliphatic heterocycles. The summed E-state index contributed by atoms with van der Waals surface area (Å²) < 4.78 is 105. The van der Waals surface area contributed by atoms with Crippen LogP contribution in [0.4, 0.5) is 26.3 Å². The molecular weight excluding hydrogens is 823 g/mol. The summed E-state index contributed by atoms with van der Waals surface area (Å²) in [6, 6.07) is 17.2. The first kappa shape index (κ1) is 35.5. The van der Waals surface area contributed by atoms with Gasteiger partial charge in [0.05, 0.1) is 51.7 Å². The lowest BCUT2D eigenvalue weighted by Gasteiger charge is -2.00. The maximum absolute atomic E-state index is 16.1. The van der Waals surface area contributed by atoms with Gasteiger partial charge in [0, 0.05) is 87.8 Å².